The standard InChI is InChI=1S/C20H20ClN3OS/c1-14(16-8-10-17(21)11-9-16)22-12-18-13-26-20(23-18)24(15(2)25)19-6-4-3-5-7-19/h3-11,13-14,22H,12H2,1-2H3/t14-/m1/s1. The molecule has 1 atom stereocenters. The molecular formula is C20H20ClN3OS. The van der Waals surface area contributed by atoms with Crippen molar-refractivity contribution < 1.29 is 4.79 Å². The number of aromatic nitrogens is 1. The predicted molar refractivity (Wildman–Crippen MR) is 108 cm³/mol. The van der Waals surface area contributed by atoms with Gasteiger partial charge in [0.05, 0.1) is 11.4 Å². The van der Waals surface area contributed by atoms with Crippen molar-refractivity contribution >= 4 is 39.7 Å². The zero-order valence-electron chi connectivity index (χ0n) is 14.6. The van der Waals surface area contributed by atoms with Crippen molar-refractivity contribution in [2.24, 2.45) is 0 Å². The van der Waals surface area contributed by atoms with E-state index in [2.05, 4.69) is 17.2 Å². The van der Waals surface area contributed by atoms with Crippen LogP contribution in [0.4, 0.5) is 10.8 Å². The summed E-state index contributed by atoms with van der Waals surface area (Å²) >= 11 is 7.40. The zero-order chi connectivity index (χ0) is 18.5. The quantitative estimate of drug-likeness (QED) is 0.623. The van der Waals surface area contributed by atoms with Crippen LogP contribution in [-0.2, 0) is 11.3 Å². The Hall–Kier alpha value is -2.21. The highest BCUT2D eigenvalue weighted by Crippen LogP contribution is 2.28. The molecule has 1 heterocycles. The number of amides is 1. The van der Waals surface area contributed by atoms with Gasteiger partial charge in [0.2, 0.25) is 5.91 Å². The van der Waals surface area contributed by atoms with Crippen LogP contribution in [0.1, 0.15) is 31.1 Å². The molecular weight excluding hydrogens is 366 g/mol. The number of hydrogen-bond donors (Lipinski definition) is 1. The fourth-order valence-electron chi connectivity index (χ4n) is 2.61. The molecule has 0 aliphatic rings. The molecule has 0 radical (unpaired) electrons. The third-order valence-electron chi connectivity index (χ3n) is 4.02. The zero-order valence-corrected chi connectivity index (χ0v) is 16.2. The average Bonchev–Trinajstić information content (AvgIpc) is 3.09. The van der Waals surface area contributed by atoms with Crippen LogP contribution in [0.25, 0.3) is 0 Å². The number of halogens is 1. The molecule has 3 rings (SSSR count). The van der Waals surface area contributed by atoms with E-state index in [1.807, 2.05) is 60.0 Å². The first-order valence-electron chi connectivity index (χ1n) is 8.33. The number of rotatable bonds is 6. The molecule has 1 aromatic heterocycles. The summed E-state index contributed by atoms with van der Waals surface area (Å²) in [5.74, 6) is -0.0559. The Morgan fingerprint density at radius 2 is 1.88 bits per heavy atom. The number of nitrogens with zero attached hydrogens (tertiary/aromatic N) is 2. The van der Waals surface area contributed by atoms with Crippen LogP contribution in [-0.4, -0.2) is 10.9 Å². The lowest BCUT2D eigenvalue weighted by atomic mass is 10.1. The van der Waals surface area contributed by atoms with Gasteiger partial charge in [-0.1, -0.05) is 41.9 Å². The van der Waals surface area contributed by atoms with E-state index < -0.39 is 0 Å². The molecule has 0 spiro atoms. The van der Waals surface area contributed by atoms with Crippen molar-refractivity contribution in [3.8, 4) is 0 Å². The largest absolute Gasteiger partial charge is 0.305 e. The van der Waals surface area contributed by atoms with Gasteiger partial charge in [0.25, 0.3) is 0 Å². The van der Waals surface area contributed by atoms with Gasteiger partial charge in [-0.3, -0.25) is 9.69 Å². The third kappa shape index (κ3) is 4.49. The van der Waals surface area contributed by atoms with Crippen molar-refractivity contribution in [2.75, 3.05) is 4.90 Å². The molecule has 0 aliphatic heterocycles. The summed E-state index contributed by atoms with van der Waals surface area (Å²) in [6.07, 6.45) is 0. The maximum absolute atomic E-state index is 12.1. The monoisotopic (exact) mass is 385 g/mol. The molecule has 26 heavy (non-hydrogen) atoms. The molecule has 3 aromatic rings. The molecule has 0 saturated carbocycles. The number of thiazole rings is 1. The smallest absolute Gasteiger partial charge is 0.230 e. The van der Waals surface area contributed by atoms with Crippen LogP contribution < -0.4 is 10.2 Å². The first-order valence-corrected chi connectivity index (χ1v) is 9.59. The van der Waals surface area contributed by atoms with Crippen LogP contribution in [0.2, 0.25) is 5.02 Å². The number of carbonyl (C=O) groups is 1. The van der Waals surface area contributed by atoms with Gasteiger partial charge < -0.3 is 5.32 Å². The number of nitrogens with one attached hydrogen (secondary N) is 1. The van der Waals surface area contributed by atoms with Crippen LogP contribution in [0.5, 0.6) is 0 Å². The lowest BCUT2D eigenvalue weighted by molar-refractivity contribution is -0.115. The Labute approximate surface area is 162 Å². The molecule has 6 heteroatoms. The summed E-state index contributed by atoms with van der Waals surface area (Å²) in [6.45, 7) is 4.28. The van der Waals surface area contributed by atoms with Gasteiger partial charge >= 0.3 is 0 Å². The van der Waals surface area contributed by atoms with E-state index in [9.17, 15) is 4.79 Å². The molecule has 0 fully saturated rings. The summed E-state index contributed by atoms with van der Waals surface area (Å²) in [5.41, 5.74) is 2.90. The van der Waals surface area contributed by atoms with E-state index in [1.165, 1.54) is 16.9 Å². The predicted octanol–water partition coefficient (Wildman–Crippen LogP) is 5.33. The molecule has 1 N–H and O–H groups in total. The number of para-hydroxylation sites is 1. The van der Waals surface area contributed by atoms with Crippen LogP contribution in [0.3, 0.4) is 0 Å². The second kappa shape index (κ2) is 8.45. The van der Waals surface area contributed by atoms with Crippen molar-refractivity contribution in [1.82, 2.24) is 10.3 Å². The lowest BCUT2D eigenvalue weighted by Crippen LogP contribution is -2.23. The van der Waals surface area contributed by atoms with Crippen molar-refractivity contribution in [1.29, 1.82) is 0 Å². The first-order chi connectivity index (χ1) is 12.5. The normalized spacial score (nSPS) is 12.0. The van der Waals surface area contributed by atoms with Gasteiger partial charge in [-0.2, -0.15) is 0 Å². The number of anilines is 2. The SMILES string of the molecule is CC(=O)N(c1ccccc1)c1nc(CN[C@H](C)c2ccc(Cl)cc2)cs1. The molecule has 0 saturated heterocycles. The summed E-state index contributed by atoms with van der Waals surface area (Å²) in [5, 5.41) is 6.85. The highest BCUT2D eigenvalue weighted by Gasteiger charge is 2.17. The number of hydrogen-bond acceptors (Lipinski definition) is 4. The van der Waals surface area contributed by atoms with E-state index in [0.29, 0.717) is 11.7 Å². The maximum atomic E-state index is 12.1. The Bertz CT molecular complexity index is 864. The second-order valence-electron chi connectivity index (χ2n) is 5.97. The van der Waals surface area contributed by atoms with E-state index in [-0.39, 0.29) is 11.9 Å². The summed E-state index contributed by atoms with van der Waals surface area (Å²) < 4.78 is 0. The van der Waals surface area contributed by atoms with E-state index in [1.54, 1.807) is 11.8 Å². The first kappa shape index (κ1) is 18.6. The van der Waals surface area contributed by atoms with Crippen LogP contribution >= 0.6 is 22.9 Å². The minimum absolute atomic E-state index is 0.0559. The second-order valence-corrected chi connectivity index (χ2v) is 7.24. The summed E-state index contributed by atoms with van der Waals surface area (Å²) in [7, 11) is 0. The van der Waals surface area contributed by atoms with Crippen molar-refractivity contribution in [3.05, 3.63) is 76.3 Å². The van der Waals surface area contributed by atoms with Gasteiger partial charge in [0.15, 0.2) is 5.13 Å². The highest BCUT2D eigenvalue weighted by molar-refractivity contribution is 7.14. The fraction of sp³-hybridized carbons (Fsp3) is 0.200. The minimum Gasteiger partial charge on any atom is -0.305 e. The molecule has 0 bridgehead atoms. The van der Waals surface area contributed by atoms with Crippen LogP contribution in [0.15, 0.2) is 60.0 Å². The molecule has 1 amide bonds. The van der Waals surface area contributed by atoms with Crippen molar-refractivity contribution in [2.45, 2.75) is 26.4 Å². The maximum Gasteiger partial charge on any atom is 0.230 e. The van der Waals surface area contributed by atoms with Gasteiger partial charge in [-0.05, 0) is 36.8 Å². The molecule has 134 valence electrons. The average molecular weight is 386 g/mol. The Kier molecular flexibility index (Phi) is 6.04. The fourth-order valence-corrected chi connectivity index (χ4v) is 3.62. The molecule has 2 aromatic carbocycles. The number of carbonyl (C=O) groups excluding carboxylic acids is 1. The lowest BCUT2D eigenvalue weighted by Gasteiger charge is -2.17. The molecule has 0 aliphatic carbocycles. The van der Waals surface area contributed by atoms with E-state index >= 15 is 0 Å². The van der Waals surface area contributed by atoms with E-state index in [4.69, 9.17) is 11.6 Å². The van der Waals surface area contributed by atoms with Gasteiger partial charge in [-0.25, -0.2) is 4.98 Å². The highest BCUT2D eigenvalue weighted by atomic mass is 35.5. The Balaban J connectivity index is 1.69. The topological polar surface area (TPSA) is 45.2 Å². The van der Waals surface area contributed by atoms with Gasteiger partial charge in [0.1, 0.15) is 0 Å². The Morgan fingerprint density at radius 3 is 2.54 bits per heavy atom. The summed E-state index contributed by atoms with van der Waals surface area (Å²) in [6, 6.07) is 17.5. The van der Waals surface area contributed by atoms with Crippen molar-refractivity contribution in [3.63, 3.8) is 0 Å². The van der Waals surface area contributed by atoms with Gasteiger partial charge in [0, 0.05) is 29.9 Å². The van der Waals surface area contributed by atoms with Crippen LogP contribution in [0, 0.1) is 0 Å². The van der Waals surface area contributed by atoms with E-state index in [0.717, 1.165) is 16.4 Å². The number of benzene rings is 2. The Morgan fingerprint density at radius 1 is 1.19 bits per heavy atom. The molecule has 0 unspecified atom stereocenters. The van der Waals surface area contributed by atoms with Gasteiger partial charge in [-0.15, -0.1) is 11.3 Å². The molecule has 4 nitrogen and oxygen atoms in total. The minimum atomic E-state index is -0.0559. The summed E-state index contributed by atoms with van der Waals surface area (Å²) in [4.78, 5) is 18.4. The third-order valence-corrected chi connectivity index (χ3v) is 5.15.